The van der Waals surface area contributed by atoms with Crippen LogP contribution in [-0.2, 0) is 65.4 Å². The van der Waals surface area contributed by atoms with Gasteiger partial charge in [0.15, 0.2) is 12.2 Å². The minimum absolute atomic E-state index is 0.108. The number of ether oxygens (including phenoxy) is 4. The van der Waals surface area contributed by atoms with Crippen LogP contribution in [0.25, 0.3) is 0 Å². The summed E-state index contributed by atoms with van der Waals surface area (Å²) in [5.41, 5.74) is 0. The number of aliphatic hydroxyl groups excluding tert-OH is 1. The van der Waals surface area contributed by atoms with E-state index in [2.05, 4.69) is 27.7 Å². The van der Waals surface area contributed by atoms with Crippen LogP contribution in [0.3, 0.4) is 0 Å². The molecule has 0 amide bonds. The molecule has 0 aliphatic carbocycles. The van der Waals surface area contributed by atoms with Gasteiger partial charge in [0.25, 0.3) is 0 Å². The molecule has 0 saturated carbocycles. The molecule has 588 valence electrons. The highest BCUT2D eigenvalue weighted by Gasteiger charge is 2.30. The van der Waals surface area contributed by atoms with Gasteiger partial charge in [-0.25, -0.2) is 9.13 Å². The highest BCUT2D eigenvalue weighted by molar-refractivity contribution is 7.47. The Morgan fingerprint density at radius 1 is 0.242 bits per heavy atom. The van der Waals surface area contributed by atoms with Crippen molar-refractivity contribution < 1.29 is 80.2 Å². The maximum Gasteiger partial charge on any atom is 0.472 e. The van der Waals surface area contributed by atoms with E-state index in [9.17, 15) is 43.2 Å². The summed E-state index contributed by atoms with van der Waals surface area (Å²) in [6.45, 7) is 4.99. The van der Waals surface area contributed by atoms with E-state index in [4.69, 9.17) is 37.0 Å². The SMILES string of the molecule is CCCCCCCCCCCCCCCCCCCCCCCC(=O)O[C@H](COC(=O)CCCCCCCCCCCCCCCCCC)COP(=O)(O)OC[C@@H](O)COP(=O)(O)OC[C@@H](COC(=O)CCCCCCCCCC)OC(=O)CCCCCCCCCCCCCCCC. The minimum Gasteiger partial charge on any atom is -0.462 e. The van der Waals surface area contributed by atoms with Gasteiger partial charge in [-0.3, -0.25) is 37.3 Å². The molecule has 0 aliphatic rings. The molecule has 2 unspecified atom stereocenters. The Bertz CT molecular complexity index is 1880. The smallest absolute Gasteiger partial charge is 0.462 e. The number of carbonyl (C=O) groups excluding carboxylic acids is 4. The molecule has 0 aromatic heterocycles. The lowest BCUT2D eigenvalue weighted by atomic mass is 10.0. The molecule has 0 saturated heterocycles. The van der Waals surface area contributed by atoms with Gasteiger partial charge in [0.2, 0.25) is 0 Å². The van der Waals surface area contributed by atoms with Crippen molar-refractivity contribution in [2.45, 2.75) is 451 Å². The number of hydrogen-bond donors (Lipinski definition) is 3. The lowest BCUT2D eigenvalue weighted by Crippen LogP contribution is -2.30. The number of carbonyl (C=O) groups is 4. The predicted molar refractivity (Wildman–Crippen MR) is 405 cm³/mol. The lowest BCUT2D eigenvalue weighted by molar-refractivity contribution is -0.161. The van der Waals surface area contributed by atoms with Gasteiger partial charge in [0.1, 0.15) is 19.3 Å². The summed E-state index contributed by atoms with van der Waals surface area (Å²) in [5.74, 6) is -2.11. The largest absolute Gasteiger partial charge is 0.472 e. The first-order valence-electron chi connectivity index (χ1n) is 41.8. The Morgan fingerprint density at radius 2 is 0.404 bits per heavy atom. The molecule has 99 heavy (non-hydrogen) atoms. The van der Waals surface area contributed by atoms with E-state index < -0.39 is 97.5 Å². The topological polar surface area (TPSA) is 237 Å². The van der Waals surface area contributed by atoms with Crippen LogP contribution < -0.4 is 0 Å². The van der Waals surface area contributed by atoms with Crippen LogP contribution in [0.2, 0.25) is 0 Å². The van der Waals surface area contributed by atoms with Crippen molar-refractivity contribution >= 4 is 39.5 Å². The molecule has 0 aromatic rings. The van der Waals surface area contributed by atoms with Crippen molar-refractivity contribution in [3.05, 3.63) is 0 Å². The second-order valence-electron chi connectivity index (χ2n) is 28.8. The van der Waals surface area contributed by atoms with Gasteiger partial charge in [0.05, 0.1) is 26.4 Å². The number of aliphatic hydroxyl groups is 1. The van der Waals surface area contributed by atoms with Crippen LogP contribution in [0, 0.1) is 0 Å². The molecule has 5 atom stereocenters. The van der Waals surface area contributed by atoms with E-state index in [1.807, 2.05) is 0 Å². The Hall–Kier alpha value is -1.94. The van der Waals surface area contributed by atoms with E-state index in [0.29, 0.717) is 25.7 Å². The second kappa shape index (κ2) is 74.3. The van der Waals surface area contributed by atoms with Crippen LogP contribution in [0.1, 0.15) is 432 Å². The fourth-order valence-electron chi connectivity index (χ4n) is 12.5. The van der Waals surface area contributed by atoms with Crippen molar-refractivity contribution in [3.8, 4) is 0 Å². The Balaban J connectivity index is 5.18. The van der Waals surface area contributed by atoms with Crippen LogP contribution in [0.15, 0.2) is 0 Å². The van der Waals surface area contributed by atoms with Crippen molar-refractivity contribution in [1.82, 2.24) is 0 Å². The molecule has 17 nitrogen and oxygen atoms in total. The highest BCUT2D eigenvalue weighted by Crippen LogP contribution is 2.45. The van der Waals surface area contributed by atoms with Gasteiger partial charge in [-0.2, -0.15) is 0 Å². The molecule has 0 bridgehead atoms. The summed E-state index contributed by atoms with van der Waals surface area (Å²) < 4.78 is 68.6. The summed E-state index contributed by atoms with van der Waals surface area (Å²) >= 11 is 0. The number of rotatable bonds is 81. The molecular formula is C80H156O17P2. The van der Waals surface area contributed by atoms with Crippen molar-refractivity contribution in [2.75, 3.05) is 39.6 Å². The summed E-state index contributed by atoms with van der Waals surface area (Å²) in [5, 5.41) is 10.6. The summed E-state index contributed by atoms with van der Waals surface area (Å²) in [6.07, 6.45) is 66.7. The highest BCUT2D eigenvalue weighted by atomic mass is 31.2. The molecular weight excluding hydrogens is 1290 g/mol. The average molecular weight is 1450 g/mol. The molecule has 0 aliphatic heterocycles. The van der Waals surface area contributed by atoms with Gasteiger partial charge >= 0.3 is 39.5 Å². The number of phosphoric acid groups is 2. The monoisotopic (exact) mass is 1450 g/mol. The lowest BCUT2D eigenvalue weighted by Gasteiger charge is -2.21. The zero-order valence-corrected chi connectivity index (χ0v) is 66.3. The molecule has 0 fully saturated rings. The van der Waals surface area contributed by atoms with Crippen molar-refractivity contribution in [1.29, 1.82) is 0 Å². The zero-order valence-electron chi connectivity index (χ0n) is 64.5. The van der Waals surface area contributed by atoms with Crippen molar-refractivity contribution in [2.24, 2.45) is 0 Å². The standard InChI is InChI=1S/C80H156O17P2/c1-5-9-13-17-21-25-28-31-34-36-37-38-39-40-42-45-48-51-55-59-63-67-80(85)97-76(71-91-78(83)65-61-57-53-49-46-44-41-35-32-29-26-22-18-14-10-6-2)73-95-99(88,89)93-69-74(81)68-92-98(86,87)94-72-75(70-90-77(82)64-60-56-52-24-20-16-12-8-4)96-79(84)66-62-58-54-50-47-43-33-30-27-23-19-15-11-7-3/h74-76,81H,5-73H2,1-4H3,(H,86,87)(H,88,89)/t74-,75+,76+/m0/s1. The van der Waals surface area contributed by atoms with Gasteiger partial charge in [-0.05, 0) is 25.7 Å². The van der Waals surface area contributed by atoms with Gasteiger partial charge in [-0.1, -0.05) is 381 Å². The first kappa shape index (κ1) is 97.1. The average Bonchev–Trinajstić information content (AvgIpc) is 1.17. The molecule has 0 radical (unpaired) electrons. The first-order chi connectivity index (χ1) is 48.2. The third kappa shape index (κ3) is 74.1. The van der Waals surface area contributed by atoms with E-state index in [-0.39, 0.29) is 25.7 Å². The maximum absolute atomic E-state index is 13.1. The van der Waals surface area contributed by atoms with E-state index >= 15 is 0 Å². The van der Waals surface area contributed by atoms with Gasteiger partial charge in [-0.15, -0.1) is 0 Å². The molecule has 0 aromatic carbocycles. The summed E-state index contributed by atoms with van der Waals surface area (Å²) in [7, 11) is -9.91. The van der Waals surface area contributed by atoms with Crippen molar-refractivity contribution in [3.63, 3.8) is 0 Å². The second-order valence-corrected chi connectivity index (χ2v) is 31.7. The van der Waals surface area contributed by atoms with Crippen LogP contribution >= 0.6 is 15.6 Å². The number of unbranched alkanes of at least 4 members (excludes halogenated alkanes) is 55. The molecule has 19 heteroatoms. The van der Waals surface area contributed by atoms with E-state index in [1.54, 1.807) is 0 Å². The predicted octanol–water partition coefficient (Wildman–Crippen LogP) is 24.2. The Kier molecular flexibility index (Phi) is 72.9. The third-order valence-electron chi connectivity index (χ3n) is 18.9. The normalized spacial score (nSPS) is 13.8. The number of phosphoric ester groups is 2. The summed E-state index contributed by atoms with van der Waals surface area (Å²) in [6, 6.07) is 0. The molecule has 0 rings (SSSR count). The van der Waals surface area contributed by atoms with Crippen LogP contribution in [0.5, 0.6) is 0 Å². The number of hydrogen-bond acceptors (Lipinski definition) is 15. The summed E-state index contributed by atoms with van der Waals surface area (Å²) in [4.78, 5) is 72.9. The Labute approximate surface area is 607 Å². The van der Waals surface area contributed by atoms with Crippen LogP contribution in [0.4, 0.5) is 0 Å². The molecule has 3 N–H and O–H groups in total. The molecule has 0 heterocycles. The van der Waals surface area contributed by atoms with Gasteiger partial charge < -0.3 is 33.8 Å². The molecule has 0 spiro atoms. The number of esters is 4. The van der Waals surface area contributed by atoms with E-state index in [1.165, 1.54) is 263 Å². The maximum atomic E-state index is 13.1. The quantitative estimate of drug-likeness (QED) is 0.0222. The fraction of sp³-hybridized carbons (Fsp3) is 0.950. The Morgan fingerprint density at radius 3 is 0.596 bits per heavy atom. The minimum atomic E-state index is -4.96. The van der Waals surface area contributed by atoms with Crippen LogP contribution in [-0.4, -0.2) is 96.7 Å². The van der Waals surface area contributed by atoms with E-state index in [0.717, 1.165) is 89.9 Å². The fourth-order valence-corrected chi connectivity index (χ4v) is 14.0. The zero-order chi connectivity index (χ0) is 72.5. The van der Waals surface area contributed by atoms with Gasteiger partial charge in [0, 0.05) is 25.7 Å². The third-order valence-corrected chi connectivity index (χ3v) is 20.8. The first-order valence-corrected chi connectivity index (χ1v) is 44.8.